The summed E-state index contributed by atoms with van der Waals surface area (Å²) in [6.07, 6.45) is 4.64. The van der Waals surface area contributed by atoms with Crippen LogP contribution in [-0.4, -0.2) is 58.3 Å². The van der Waals surface area contributed by atoms with Crippen LogP contribution in [0.4, 0.5) is 0 Å². The van der Waals surface area contributed by atoms with Crippen LogP contribution in [-0.2, 0) is 6.54 Å². The number of carbonyl (C=O) groups excluding carboxylic acids is 3. The predicted molar refractivity (Wildman–Crippen MR) is 121 cm³/mol. The van der Waals surface area contributed by atoms with Crippen LogP contribution >= 0.6 is 0 Å². The van der Waals surface area contributed by atoms with E-state index in [0.29, 0.717) is 23.7 Å². The second kappa shape index (κ2) is 9.53. The molecule has 0 spiro atoms. The fourth-order valence-electron chi connectivity index (χ4n) is 4.44. The summed E-state index contributed by atoms with van der Waals surface area (Å²) >= 11 is 0. The van der Waals surface area contributed by atoms with Crippen LogP contribution in [0.15, 0.2) is 42.5 Å². The molecule has 2 aliphatic rings. The van der Waals surface area contributed by atoms with E-state index in [0.717, 1.165) is 25.1 Å². The summed E-state index contributed by atoms with van der Waals surface area (Å²) in [5.41, 5.74) is 1.68. The molecule has 2 aromatic carbocycles. The number of nitrogens with zero attached hydrogens (tertiary/aromatic N) is 2. The van der Waals surface area contributed by atoms with E-state index in [1.54, 1.807) is 24.3 Å². The van der Waals surface area contributed by atoms with Crippen molar-refractivity contribution in [1.82, 2.24) is 15.1 Å². The van der Waals surface area contributed by atoms with Gasteiger partial charge in [-0.1, -0.05) is 18.6 Å². The van der Waals surface area contributed by atoms with Gasteiger partial charge in [0.2, 0.25) is 0 Å². The molecule has 2 N–H and O–H groups in total. The van der Waals surface area contributed by atoms with E-state index in [-0.39, 0.29) is 29.7 Å². The van der Waals surface area contributed by atoms with Crippen molar-refractivity contribution in [3.05, 3.63) is 64.7 Å². The second-order valence-electron chi connectivity index (χ2n) is 8.61. The first kappa shape index (κ1) is 22.0. The van der Waals surface area contributed by atoms with E-state index in [9.17, 15) is 19.5 Å². The third-order valence-electron chi connectivity index (χ3n) is 6.36. The number of hydrogen-bond acceptors (Lipinski definition) is 5. The van der Waals surface area contributed by atoms with Crippen LogP contribution in [0, 0.1) is 0 Å². The zero-order chi connectivity index (χ0) is 22.7. The van der Waals surface area contributed by atoms with E-state index >= 15 is 0 Å². The third kappa shape index (κ3) is 4.67. The highest BCUT2D eigenvalue weighted by atomic mass is 16.3. The van der Waals surface area contributed by atoms with Crippen molar-refractivity contribution in [2.75, 3.05) is 19.6 Å². The number of aromatic hydroxyl groups is 1. The molecule has 0 saturated carbocycles. The molecular weight excluding hydrogens is 406 g/mol. The molecule has 2 aromatic rings. The van der Waals surface area contributed by atoms with Gasteiger partial charge >= 0.3 is 0 Å². The summed E-state index contributed by atoms with van der Waals surface area (Å²) in [5, 5.41) is 12.3. The molecule has 0 aliphatic carbocycles. The highest BCUT2D eigenvalue weighted by Crippen LogP contribution is 2.26. The molecule has 32 heavy (non-hydrogen) atoms. The molecule has 1 unspecified atom stereocenters. The lowest BCUT2D eigenvalue weighted by molar-refractivity contribution is 0.0642. The van der Waals surface area contributed by atoms with Crippen molar-refractivity contribution in [2.45, 2.75) is 45.2 Å². The lowest BCUT2D eigenvalue weighted by Crippen LogP contribution is -2.39. The third-order valence-corrected chi connectivity index (χ3v) is 6.36. The van der Waals surface area contributed by atoms with E-state index in [4.69, 9.17) is 0 Å². The fourth-order valence-corrected chi connectivity index (χ4v) is 4.44. The number of piperidine rings is 1. The molecule has 1 saturated heterocycles. The quantitative estimate of drug-likeness (QED) is 0.515. The molecule has 1 fully saturated rings. The van der Waals surface area contributed by atoms with Crippen molar-refractivity contribution in [2.24, 2.45) is 0 Å². The van der Waals surface area contributed by atoms with Crippen molar-refractivity contribution in [3.63, 3.8) is 0 Å². The molecular formula is C25H29N3O4. The molecule has 2 heterocycles. The Morgan fingerprint density at radius 1 is 1.06 bits per heavy atom. The van der Waals surface area contributed by atoms with Crippen LogP contribution in [0.2, 0.25) is 0 Å². The molecule has 168 valence electrons. The number of amides is 3. The largest absolute Gasteiger partial charge is 0.508 e. The summed E-state index contributed by atoms with van der Waals surface area (Å²) in [6.45, 7) is 5.02. The Balaban J connectivity index is 1.35. The summed E-state index contributed by atoms with van der Waals surface area (Å²) in [7, 11) is 0. The number of hydrogen-bond donors (Lipinski definition) is 2. The van der Waals surface area contributed by atoms with Gasteiger partial charge in [0.05, 0.1) is 17.7 Å². The number of likely N-dealkylation sites (tertiary alicyclic amines) is 1. The molecule has 4 rings (SSSR count). The number of benzene rings is 2. The zero-order valence-corrected chi connectivity index (χ0v) is 18.3. The first-order valence-electron chi connectivity index (χ1n) is 11.2. The normalized spacial score (nSPS) is 18.7. The lowest BCUT2D eigenvalue weighted by Gasteiger charge is -2.33. The summed E-state index contributed by atoms with van der Waals surface area (Å²) in [6, 6.07) is 11.6. The van der Waals surface area contributed by atoms with Crippen LogP contribution in [0.3, 0.4) is 0 Å². The van der Waals surface area contributed by atoms with Crippen LogP contribution in [0.5, 0.6) is 5.75 Å². The Morgan fingerprint density at radius 2 is 1.81 bits per heavy atom. The van der Waals surface area contributed by atoms with Gasteiger partial charge in [-0.25, -0.2) is 0 Å². The Bertz CT molecular complexity index is 1020. The monoisotopic (exact) mass is 435 g/mol. The Kier molecular flexibility index (Phi) is 6.55. The van der Waals surface area contributed by atoms with E-state index < -0.39 is 5.91 Å². The number of fused-ring (bicyclic) bond motifs is 1. The van der Waals surface area contributed by atoms with Gasteiger partial charge in [0.1, 0.15) is 5.75 Å². The Labute approximate surface area is 188 Å². The zero-order valence-electron chi connectivity index (χ0n) is 18.3. The highest BCUT2D eigenvalue weighted by Gasteiger charge is 2.36. The topological polar surface area (TPSA) is 90.0 Å². The maximum atomic E-state index is 12.8. The first-order valence-corrected chi connectivity index (χ1v) is 11.2. The average Bonchev–Trinajstić information content (AvgIpc) is 3.03. The number of phenols is 1. The molecule has 0 aromatic heterocycles. The second-order valence-corrected chi connectivity index (χ2v) is 8.61. The van der Waals surface area contributed by atoms with Crippen molar-refractivity contribution in [1.29, 1.82) is 0 Å². The fraction of sp³-hybridized carbons (Fsp3) is 0.400. The van der Waals surface area contributed by atoms with Gasteiger partial charge in [-0.2, -0.15) is 0 Å². The first-order chi connectivity index (χ1) is 15.4. The molecule has 7 nitrogen and oxygen atoms in total. The number of phenolic OH excluding ortho intramolecular Hbond substituents is 1. The van der Waals surface area contributed by atoms with Crippen LogP contribution in [0.1, 0.15) is 69.2 Å². The molecule has 2 aliphatic heterocycles. The summed E-state index contributed by atoms with van der Waals surface area (Å²) < 4.78 is 0. The number of carbonyl (C=O) groups is 3. The van der Waals surface area contributed by atoms with Crippen molar-refractivity contribution in [3.8, 4) is 5.75 Å². The summed E-state index contributed by atoms with van der Waals surface area (Å²) in [5.74, 6) is -0.901. The number of nitrogens with one attached hydrogen (secondary N) is 1. The van der Waals surface area contributed by atoms with Gasteiger partial charge in [-0.15, -0.1) is 0 Å². The molecule has 1 atom stereocenters. The predicted octanol–water partition coefficient (Wildman–Crippen LogP) is 3.18. The van der Waals surface area contributed by atoms with Gasteiger partial charge in [-0.05, 0) is 68.6 Å². The van der Waals surface area contributed by atoms with E-state index in [1.807, 2.05) is 0 Å². The minimum atomic E-state index is -0.410. The molecule has 0 radical (unpaired) electrons. The maximum absolute atomic E-state index is 12.8. The van der Waals surface area contributed by atoms with Crippen LogP contribution in [0.25, 0.3) is 0 Å². The van der Waals surface area contributed by atoms with Gasteiger partial charge in [0, 0.05) is 24.7 Å². The number of rotatable bonds is 7. The van der Waals surface area contributed by atoms with Crippen molar-refractivity contribution < 1.29 is 19.5 Å². The van der Waals surface area contributed by atoms with E-state index in [1.165, 1.54) is 42.4 Å². The van der Waals surface area contributed by atoms with Crippen LogP contribution < -0.4 is 5.32 Å². The van der Waals surface area contributed by atoms with Gasteiger partial charge in [0.25, 0.3) is 17.7 Å². The Morgan fingerprint density at radius 3 is 2.56 bits per heavy atom. The van der Waals surface area contributed by atoms with E-state index in [2.05, 4.69) is 17.1 Å². The molecule has 3 amide bonds. The SMILES string of the molecule is CC1CCCCN1CCCNC(=O)c1ccc2c(c1)C(=O)N(Cc1ccc(O)cc1)C2=O. The highest BCUT2D eigenvalue weighted by molar-refractivity contribution is 6.22. The standard InChI is InChI=1S/C25H29N3O4/c1-17-5-2-3-13-27(17)14-4-12-26-23(30)19-8-11-21-22(15-19)25(32)28(24(21)31)16-18-6-9-20(29)10-7-18/h6-11,15,17,29H,2-5,12-14,16H2,1H3,(H,26,30). The number of imide groups is 1. The average molecular weight is 436 g/mol. The minimum absolute atomic E-state index is 0.114. The van der Waals surface area contributed by atoms with Gasteiger partial charge < -0.3 is 15.3 Å². The van der Waals surface area contributed by atoms with Gasteiger partial charge in [-0.3, -0.25) is 19.3 Å². The summed E-state index contributed by atoms with van der Waals surface area (Å²) in [4.78, 5) is 41.8. The Hall–Kier alpha value is -3.19. The maximum Gasteiger partial charge on any atom is 0.261 e. The lowest BCUT2D eigenvalue weighted by atomic mass is 10.0. The smallest absolute Gasteiger partial charge is 0.261 e. The van der Waals surface area contributed by atoms with Crippen molar-refractivity contribution >= 4 is 17.7 Å². The molecule has 7 heteroatoms. The molecule has 0 bridgehead atoms. The minimum Gasteiger partial charge on any atom is -0.508 e. The van der Waals surface area contributed by atoms with Gasteiger partial charge in [0.15, 0.2) is 0 Å².